The molecule has 2 amide bonds. The van der Waals surface area contributed by atoms with Crippen LogP contribution in [-0.2, 0) is 9.63 Å². The molecule has 0 bridgehead atoms. The molecule has 0 unspecified atom stereocenters. The van der Waals surface area contributed by atoms with Crippen LogP contribution in [0, 0.1) is 0 Å². The lowest BCUT2D eigenvalue weighted by atomic mass is 9.99. The van der Waals surface area contributed by atoms with Gasteiger partial charge in [0.15, 0.2) is 6.61 Å². The van der Waals surface area contributed by atoms with Crippen LogP contribution in [0.1, 0.15) is 33.6 Å². The van der Waals surface area contributed by atoms with Crippen molar-refractivity contribution in [3.05, 3.63) is 0 Å². The molecule has 0 heterocycles. The molecular formula is C9H18N2O4. The summed E-state index contributed by atoms with van der Waals surface area (Å²) in [7, 11) is 0. The van der Waals surface area contributed by atoms with Crippen molar-refractivity contribution < 1.29 is 19.5 Å². The first-order chi connectivity index (χ1) is 6.87. The van der Waals surface area contributed by atoms with Crippen molar-refractivity contribution in [3.63, 3.8) is 0 Å². The summed E-state index contributed by atoms with van der Waals surface area (Å²) >= 11 is 0. The highest BCUT2D eigenvalue weighted by Gasteiger charge is 2.18. The number of urea groups is 1. The van der Waals surface area contributed by atoms with Gasteiger partial charge in [0.2, 0.25) is 0 Å². The SMILES string of the molecule is CCCC(C)(C)NC(=O)NOCC(=O)O. The van der Waals surface area contributed by atoms with E-state index in [4.69, 9.17) is 5.11 Å². The molecule has 88 valence electrons. The fourth-order valence-electron chi connectivity index (χ4n) is 1.18. The molecule has 3 N–H and O–H groups in total. The summed E-state index contributed by atoms with van der Waals surface area (Å²) in [6, 6.07) is -0.533. The third kappa shape index (κ3) is 7.75. The molecule has 6 heteroatoms. The molecule has 0 aliphatic carbocycles. The monoisotopic (exact) mass is 218 g/mol. The van der Waals surface area contributed by atoms with E-state index in [1.807, 2.05) is 26.3 Å². The van der Waals surface area contributed by atoms with Gasteiger partial charge >= 0.3 is 12.0 Å². The maximum atomic E-state index is 11.2. The first-order valence-electron chi connectivity index (χ1n) is 4.79. The van der Waals surface area contributed by atoms with Crippen molar-refractivity contribution in [2.24, 2.45) is 0 Å². The number of rotatable bonds is 6. The molecule has 0 aromatic rings. The Morgan fingerprint density at radius 3 is 2.47 bits per heavy atom. The predicted octanol–water partition coefficient (Wildman–Crippen LogP) is 0.880. The van der Waals surface area contributed by atoms with Gasteiger partial charge in [-0.05, 0) is 20.3 Å². The second-order valence-corrected chi connectivity index (χ2v) is 3.87. The standard InChI is InChI=1S/C9H18N2O4/c1-4-5-9(2,3)10-8(14)11-15-6-7(12)13/h4-6H2,1-3H3,(H,12,13)(H2,10,11,14). The zero-order chi connectivity index (χ0) is 11.9. The molecule has 0 atom stereocenters. The van der Waals surface area contributed by atoms with Crippen molar-refractivity contribution in [2.75, 3.05) is 6.61 Å². The van der Waals surface area contributed by atoms with Crippen LogP contribution in [0.3, 0.4) is 0 Å². The minimum absolute atomic E-state index is 0.328. The number of hydrogen-bond donors (Lipinski definition) is 3. The zero-order valence-electron chi connectivity index (χ0n) is 9.29. The van der Waals surface area contributed by atoms with Gasteiger partial charge in [0.05, 0.1) is 0 Å². The number of carboxylic acids is 1. The maximum absolute atomic E-state index is 11.2. The van der Waals surface area contributed by atoms with E-state index in [-0.39, 0.29) is 5.54 Å². The molecule has 0 aliphatic rings. The van der Waals surface area contributed by atoms with Crippen LogP contribution in [-0.4, -0.2) is 29.3 Å². The lowest BCUT2D eigenvalue weighted by molar-refractivity contribution is -0.144. The lowest BCUT2D eigenvalue weighted by Crippen LogP contribution is -2.48. The average molecular weight is 218 g/mol. The molecule has 0 spiro atoms. The maximum Gasteiger partial charge on any atom is 0.339 e. The van der Waals surface area contributed by atoms with E-state index in [0.29, 0.717) is 0 Å². The second-order valence-electron chi connectivity index (χ2n) is 3.87. The van der Waals surface area contributed by atoms with E-state index >= 15 is 0 Å². The van der Waals surface area contributed by atoms with Gasteiger partial charge < -0.3 is 10.4 Å². The summed E-state index contributed by atoms with van der Waals surface area (Å²) in [5.74, 6) is -1.14. The first kappa shape index (κ1) is 13.7. The van der Waals surface area contributed by atoms with Crippen LogP contribution in [0.5, 0.6) is 0 Å². The lowest BCUT2D eigenvalue weighted by Gasteiger charge is -2.25. The Morgan fingerprint density at radius 2 is 2.00 bits per heavy atom. The summed E-state index contributed by atoms with van der Waals surface area (Å²) in [6.07, 6.45) is 1.78. The zero-order valence-corrected chi connectivity index (χ0v) is 9.29. The minimum Gasteiger partial charge on any atom is -0.479 e. The molecule has 0 fully saturated rings. The number of aliphatic carboxylic acids is 1. The Kier molecular flexibility index (Phi) is 5.69. The highest BCUT2D eigenvalue weighted by molar-refractivity contribution is 5.74. The van der Waals surface area contributed by atoms with Gasteiger partial charge in [0.1, 0.15) is 0 Å². The van der Waals surface area contributed by atoms with Gasteiger partial charge in [-0.2, -0.15) is 0 Å². The van der Waals surface area contributed by atoms with Gasteiger partial charge in [0.25, 0.3) is 0 Å². The molecule has 0 saturated heterocycles. The van der Waals surface area contributed by atoms with Crippen LogP contribution >= 0.6 is 0 Å². The van der Waals surface area contributed by atoms with Crippen molar-refractivity contribution >= 4 is 12.0 Å². The highest BCUT2D eigenvalue weighted by Crippen LogP contribution is 2.09. The van der Waals surface area contributed by atoms with Crippen LogP contribution in [0.25, 0.3) is 0 Å². The van der Waals surface area contributed by atoms with E-state index < -0.39 is 18.6 Å². The molecular weight excluding hydrogens is 200 g/mol. The first-order valence-corrected chi connectivity index (χ1v) is 4.79. The fraction of sp³-hybridized carbons (Fsp3) is 0.778. The summed E-state index contributed by atoms with van der Waals surface area (Å²) in [5, 5.41) is 10.9. The topological polar surface area (TPSA) is 87.7 Å². The van der Waals surface area contributed by atoms with Gasteiger partial charge in [0, 0.05) is 5.54 Å². The smallest absolute Gasteiger partial charge is 0.339 e. The molecule has 15 heavy (non-hydrogen) atoms. The van der Waals surface area contributed by atoms with Crippen molar-refractivity contribution in [2.45, 2.75) is 39.2 Å². The Bertz CT molecular complexity index is 228. The van der Waals surface area contributed by atoms with E-state index in [1.165, 1.54) is 0 Å². The van der Waals surface area contributed by atoms with Gasteiger partial charge in [-0.3, -0.25) is 4.84 Å². The van der Waals surface area contributed by atoms with E-state index in [1.54, 1.807) is 0 Å². The number of carbonyl (C=O) groups is 2. The number of carboxylic acid groups (broad SMARTS) is 1. The average Bonchev–Trinajstić information content (AvgIpc) is 2.01. The number of nitrogens with one attached hydrogen (secondary N) is 2. The van der Waals surface area contributed by atoms with Crippen molar-refractivity contribution in [1.29, 1.82) is 0 Å². The molecule has 0 aromatic carbocycles. The van der Waals surface area contributed by atoms with Crippen molar-refractivity contribution in [3.8, 4) is 0 Å². The molecule has 0 aliphatic heterocycles. The second kappa shape index (κ2) is 6.23. The van der Waals surface area contributed by atoms with Gasteiger partial charge in [-0.15, -0.1) is 0 Å². The Hall–Kier alpha value is -1.30. The third-order valence-electron chi connectivity index (χ3n) is 1.69. The largest absolute Gasteiger partial charge is 0.479 e. The molecule has 0 saturated carbocycles. The predicted molar refractivity (Wildman–Crippen MR) is 54.2 cm³/mol. The summed E-state index contributed by atoms with van der Waals surface area (Å²) in [6.45, 7) is 5.23. The Balaban J connectivity index is 3.77. The van der Waals surface area contributed by atoms with E-state index in [2.05, 4.69) is 10.2 Å². The quantitative estimate of drug-likeness (QED) is 0.577. The van der Waals surface area contributed by atoms with E-state index in [9.17, 15) is 9.59 Å². The Morgan fingerprint density at radius 1 is 1.40 bits per heavy atom. The molecule has 6 nitrogen and oxygen atoms in total. The molecule has 0 aromatic heterocycles. The van der Waals surface area contributed by atoms with Crippen LogP contribution in [0.4, 0.5) is 4.79 Å². The van der Waals surface area contributed by atoms with Gasteiger partial charge in [-0.25, -0.2) is 15.1 Å². The van der Waals surface area contributed by atoms with Crippen LogP contribution in [0.2, 0.25) is 0 Å². The van der Waals surface area contributed by atoms with Crippen LogP contribution in [0.15, 0.2) is 0 Å². The highest BCUT2D eigenvalue weighted by atomic mass is 16.7. The van der Waals surface area contributed by atoms with Gasteiger partial charge in [-0.1, -0.05) is 13.3 Å². The normalized spacial score (nSPS) is 10.9. The number of hydrogen-bond acceptors (Lipinski definition) is 3. The number of amides is 2. The number of hydroxylamine groups is 1. The summed E-state index contributed by atoms with van der Waals surface area (Å²) in [4.78, 5) is 25.7. The van der Waals surface area contributed by atoms with Crippen LogP contribution < -0.4 is 10.8 Å². The Labute approximate surface area is 88.9 Å². The number of carbonyl (C=O) groups excluding carboxylic acids is 1. The summed E-state index contributed by atoms with van der Waals surface area (Å²) < 4.78 is 0. The fourth-order valence-corrected chi connectivity index (χ4v) is 1.18. The molecule has 0 radical (unpaired) electrons. The molecule has 0 rings (SSSR count). The van der Waals surface area contributed by atoms with E-state index in [0.717, 1.165) is 12.8 Å². The third-order valence-corrected chi connectivity index (χ3v) is 1.69. The summed E-state index contributed by atoms with van der Waals surface area (Å²) in [5.41, 5.74) is 1.67. The van der Waals surface area contributed by atoms with Crippen molar-refractivity contribution in [1.82, 2.24) is 10.8 Å². The minimum atomic E-state index is -1.14.